The van der Waals surface area contributed by atoms with Gasteiger partial charge in [-0.05, 0) is 48.9 Å². The molecule has 0 aliphatic heterocycles. The van der Waals surface area contributed by atoms with Crippen molar-refractivity contribution in [3.63, 3.8) is 0 Å². The second kappa shape index (κ2) is 9.80. The third kappa shape index (κ3) is 5.49. The van der Waals surface area contributed by atoms with Crippen molar-refractivity contribution in [3.05, 3.63) is 65.4 Å². The first-order valence-corrected chi connectivity index (χ1v) is 8.69. The Morgan fingerprint density at radius 3 is 2.31 bits per heavy atom. The van der Waals surface area contributed by atoms with Gasteiger partial charge in [0, 0.05) is 17.5 Å². The fourth-order valence-corrected chi connectivity index (χ4v) is 2.51. The van der Waals surface area contributed by atoms with Crippen molar-refractivity contribution in [1.82, 2.24) is 5.32 Å². The standard InChI is InChI=1S/C21H22N4O4/c1-13(15-6-9-18(28-2)19(10-15)29-3)25-21(27)16(11-22)12-24-17-7-4-14(5-8-17)20(23)26/h4-10,12-13,24H,1-3H3,(H2,23,26)(H,25,27)/b16-12-. The summed E-state index contributed by atoms with van der Waals surface area (Å²) in [7, 11) is 3.07. The van der Waals surface area contributed by atoms with Crippen LogP contribution in [-0.2, 0) is 4.79 Å². The fourth-order valence-electron chi connectivity index (χ4n) is 2.51. The van der Waals surface area contributed by atoms with E-state index in [9.17, 15) is 14.9 Å². The van der Waals surface area contributed by atoms with Crippen LogP contribution in [0.25, 0.3) is 0 Å². The van der Waals surface area contributed by atoms with E-state index in [1.165, 1.54) is 13.3 Å². The minimum Gasteiger partial charge on any atom is -0.493 e. The number of nitrogens with two attached hydrogens (primary N) is 1. The number of carbonyl (C=O) groups is 2. The van der Waals surface area contributed by atoms with E-state index in [0.717, 1.165) is 5.56 Å². The first-order valence-electron chi connectivity index (χ1n) is 8.69. The van der Waals surface area contributed by atoms with E-state index in [1.807, 2.05) is 6.07 Å². The van der Waals surface area contributed by atoms with Crippen molar-refractivity contribution < 1.29 is 19.1 Å². The molecule has 2 amide bonds. The molecule has 1 unspecified atom stereocenters. The van der Waals surface area contributed by atoms with Crippen LogP contribution in [0.3, 0.4) is 0 Å². The second-order valence-electron chi connectivity index (χ2n) is 6.07. The highest BCUT2D eigenvalue weighted by Crippen LogP contribution is 2.29. The van der Waals surface area contributed by atoms with Crippen LogP contribution in [0.2, 0.25) is 0 Å². The smallest absolute Gasteiger partial charge is 0.263 e. The Balaban J connectivity index is 2.08. The highest BCUT2D eigenvalue weighted by atomic mass is 16.5. The summed E-state index contributed by atoms with van der Waals surface area (Å²) < 4.78 is 10.5. The molecule has 0 heterocycles. The van der Waals surface area contributed by atoms with Gasteiger partial charge in [-0.1, -0.05) is 6.07 Å². The molecule has 0 fully saturated rings. The molecule has 1 atom stereocenters. The molecule has 2 aromatic carbocycles. The number of rotatable bonds is 8. The maximum atomic E-state index is 12.4. The molecule has 0 aliphatic carbocycles. The zero-order valence-corrected chi connectivity index (χ0v) is 16.4. The van der Waals surface area contributed by atoms with E-state index in [2.05, 4.69) is 10.6 Å². The Labute approximate surface area is 168 Å². The summed E-state index contributed by atoms with van der Waals surface area (Å²) in [5.74, 6) is 0.0616. The molecule has 2 aromatic rings. The van der Waals surface area contributed by atoms with Gasteiger partial charge in [0.15, 0.2) is 11.5 Å². The monoisotopic (exact) mass is 394 g/mol. The predicted molar refractivity (Wildman–Crippen MR) is 108 cm³/mol. The molecule has 0 spiro atoms. The average Bonchev–Trinajstić information content (AvgIpc) is 2.73. The number of primary amides is 1. The maximum absolute atomic E-state index is 12.4. The number of anilines is 1. The van der Waals surface area contributed by atoms with Gasteiger partial charge in [-0.3, -0.25) is 9.59 Å². The topological polar surface area (TPSA) is 126 Å². The van der Waals surface area contributed by atoms with Crippen LogP contribution in [0.15, 0.2) is 54.2 Å². The molecule has 0 saturated heterocycles. The Kier molecular flexibility index (Phi) is 7.20. The Bertz CT molecular complexity index is 962. The van der Waals surface area contributed by atoms with E-state index in [4.69, 9.17) is 15.2 Å². The predicted octanol–water partition coefficient (Wildman–Crippen LogP) is 2.50. The van der Waals surface area contributed by atoms with Crippen molar-refractivity contribution in [2.45, 2.75) is 13.0 Å². The second-order valence-corrected chi connectivity index (χ2v) is 6.07. The number of nitriles is 1. The number of amides is 2. The van der Waals surface area contributed by atoms with Crippen molar-refractivity contribution in [2.75, 3.05) is 19.5 Å². The lowest BCUT2D eigenvalue weighted by Gasteiger charge is -2.16. The number of hydrogen-bond donors (Lipinski definition) is 3. The summed E-state index contributed by atoms with van der Waals surface area (Å²) in [5, 5.41) is 14.9. The lowest BCUT2D eigenvalue weighted by molar-refractivity contribution is -0.117. The van der Waals surface area contributed by atoms with Crippen molar-refractivity contribution in [3.8, 4) is 17.6 Å². The molecule has 8 nitrogen and oxygen atoms in total. The highest BCUT2D eigenvalue weighted by Gasteiger charge is 2.15. The summed E-state index contributed by atoms with van der Waals surface area (Å²) in [6.45, 7) is 1.80. The quantitative estimate of drug-likeness (QED) is 0.466. The number of nitrogens with zero attached hydrogens (tertiary/aromatic N) is 1. The van der Waals surface area contributed by atoms with Crippen molar-refractivity contribution in [1.29, 1.82) is 5.26 Å². The van der Waals surface area contributed by atoms with E-state index in [0.29, 0.717) is 22.7 Å². The number of ether oxygens (including phenoxy) is 2. The largest absolute Gasteiger partial charge is 0.493 e. The summed E-state index contributed by atoms with van der Waals surface area (Å²) in [5.41, 5.74) is 6.85. The Hall–Kier alpha value is -3.99. The van der Waals surface area contributed by atoms with Crippen LogP contribution in [0.1, 0.15) is 28.9 Å². The van der Waals surface area contributed by atoms with Gasteiger partial charge in [-0.15, -0.1) is 0 Å². The Morgan fingerprint density at radius 2 is 1.76 bits per heavy atom. The zero-order valence-electron chi connectivity index (χ0n) is 16.4. The minimum absolute atomic E-state index is 0.101. The number of methoxy groups -OCH3 is 2. The molecular formula is C21H22N4O4. The van der Waals surface area contributed by atoms with Gasteiger partial charge in [-0.2, -0.15) is 5.26 Å². The van der Waals surface area contributed by atoms with Crippen molar-refractivity contribution in [2.24, 2.45) is 5.73 Å². The summed E-state index contributed by atoms with van der Waals surface area (Å²) in [6, 6.07) is 13.1. The van der Waals surface area contributed by atoms with Crippen LogP contribution in [0, 0.1) is 11.3 Å². The molecular weight excluding hydrogens is 372 g/mol. The van der Waals surface area contributed by atoms with Gasteiger partial charge in [0.25, 0.3) is 5.91 Å². The summed E-state index contributed by atoms with van der Waals surface area (Å²) in [4.78, 5) is 23.5. The molecule has 0 bridgehead atoms. The molecule has 29 heavy (non-hydrogen) atoms. The molecule has 2 rings (SSSR count). The lowest BCUT2D eigenvalue weighted by Crippen LogP contribution is -2.28. The molecule has 0 aliphatic rings. The summed E-state index contributed by atoms with van der Waals surface area (Å²) in [6.07, 6.45) is 1.30. The SMILES string of the molecule is COc1ccc(C(C)NC(=O)/C(C#N)=C\Nc2ccc(C(N)=O)cc2)cc1OC. The molecule has 0 aromatic heterocycles. The van der Waals surface area contributed by atoms with Crippen LogP contribution in [0.5, 0.6) is 11.5 Å². The lowest BCUT2D eigenvalue weighted by atomic mass is 10.1. The van der Waals surface area contributed by atoms with Crippen LogP contribution < -0.4 is 25.8 Å². The van der Waals surface area contributed by atoms with Crippen LogP contribution in [0.4, 0.5) is 5.69 Å². The van der Waals surface area contributed by atoms with Gasteiger partial charge in [0.05, 0.1) is 20.3 Å². The van der Waals surface area contributed by atoms with E-state index in [1.54, 1.807) is 56.5 Å². The minimum atomic E-state index is -0.534. The molecule has 150 valence electrons. The van der Waals surface area contributed by atoms with E-state index < -0.39 is 11.8 Å². The first kappa shape index (κ1) is 21.3. The first-order chi connectivity index (χ1) is 13.9. The van der Waals surface area contributed by atoms with Gasteiger partial charge in [-0.25, -0.2) is 0 Å². The third-order valence-electron chi connectivity index (χ3n) is 4.17. The number of benzene rings is 2. The molecule has 0 radical (unpaired) electrons. The Morgan fingerprint density at radius 1 is 1.10 bits per heavy atom. The van der Waals surface area contributed by atoms with Gasteiger partial charge in [0.1, 0.15) is 11.6 Å². The van der Waals surface area contributed by atoms with E-state index in [-0.39, 0.29) is 11.6 Å². The van der Waals surface area contributed by atoms with Gasteiger partial charge < -0.3 is 25.8 Å². The summed E-state index contributed by atoms with van der Waals surface area (Å²) >= 11 is 0. The third-order valence-corrected chi connectivity index (χ3v) is 4.17. The number of nitrogens with one attached hydrogen (secondary N) is 2. The fraction of sp³-hybridized carbons (Fsp3) is 0.190. The zero-order chi connectivity index (χ0) is 21.4. The number of hydrogen-bond acceptors (Lipinski definition) is 6. The molecule has 4 N–H and O–H groups in total. The van der Waals surface area contributed by atoms with E-state index >= 15 is 0 Å². The van der Waals surface area contributed by atoms with Crippen molar-refractivity contribution >= 4 is 17.5 Å². The van der Waals surface area contributed by atoms with Gasteiger partial charge >= 0.3 is 0 Å². The maximum Gasteiger partial charge on any atom is 0.263 e. The highest BCUT2D eigenvalue weighted by molar-refractivity contribution is 5.97. The van der Waals surface area contributed by atoms with Crippen LogP contribution in [-0.4, -0.2) is 26.0 Å². The normalized spacial score (nSPS) is 11.7. The molecule has 0 saturated carbocycles. The molecule has 8 heteroatoms. The number of carbonyl (C=O) groups excluding carboxylic acids is 2. The average molecular weight is 394 g/mol. The van der Waals surface area contributed by atoms with Gasteiger partial charge in [0.2, 0.25) is 5.91 Å². The van der Waals surface area contributed by atoms with Crippen LogP contribution >= 0.6 is 0 Å².